The standard InChI is InChI=1S/C22H36O4/c1-15(10-11-26-17(3)24)6-8-19-16(2)7-9-20-21(4,14-23)12-18(25)13-22(19,20)5/h7,10,18-20,23,25H,6,8-9,11-14H2,1-5H3. The molecule has 0 aliphatic heterocycles. The molecule has 5 unspecified atom stereocenters. The van der Waals surface area contributed by atoms with Crippen molar-refractivity contribution in [3.8, 4) is 0 Å². The van der Waals surface area contributed by atoms with Gasteiger partial charge in [-0.15, -0.1) is 0 Å². The largest absolute Gasteiger partial charge is 0.462 e. The Labute approximate surface area is 158 Å². The molecule has 2 N–H and O–H groups in total. The summed E-state index contributed by atoms with van der Waals surface area (Å²) in [5, 5.41) is 20.6. The molecule has 148 valence electrons. The molecule has 1 saturated carbocycles. The van der Waals surface area contributed by atoms with Crippen molar-refractivity contribution >= 4 is 5.97 Å². The molecule has 0 aromatic rings. The molecule has 0 amide bonds. The fourth-order valence-corrected chi connectivity index (χ4v) is 5.61. The van der Waals surface area contributed by atoms with E-state index < -0.39 is 0 Å². The topological polar surface area (TPSA) is 66.8 Å². The Hall–Kier alpha value is -1.13. The van der Waals surface area contributed by atoms with Gasteiger partial charge in [-0.05, 0) is 74.7 Å². The third-order valence-electron chi connectivity index (χ3n) is 6.94. The molecule has 4 nitrogen and oxygen atoms in total. The molecule has 0 heterocycles. The quantitative estimate of drug-likeness (QED) is 0.552. The third-order valence-corrected chi connectivity index (χ3v) is 6.94. The Balaban J connectivity index is 2.15. The van der Waals surface area contributed by atoms with Gasteiger partial charge in [-0.1, -0.05) is 31.1 Å². The second-order valence-corrected chi connectivity index (χ2v) is 9.06. The Kier molecular flexibility index (Phi) is 6.73. The summed E-state index contributed by atoms with van der Waals surface area (Å²) in [6.07, 6.45) is 8.44. The van der Waals surface area contributed by atoms with Crippen LogP contribution in [0, 0.1) is 22.7 Å². The van der Waals surface area contributed by atoms with Crippen LogP contribution in [0.4, 0.5) is 0 Å². The van der Waals surface area contributed by atoms with Crippen molar-refractivity contribution in [1.29, 1.82) is 0 Å². The highest BCUT2D eigenvalue weighted by Gasteiger charge is 2.55. The van der Waals surface area contributed by atoms with E-state index in [1.807, 2.05) is 6.08 Å². The van der Waals surface area contributed by atoms with Gasteiger partial charge in [0, 0.05) is 13.5 Å². The van der Waals surface area contributed by atoms with Crippen LogP contribution in [0.1, 0.15) is 66.7 Å². The van der Waals surface area contributed by atoms with E-state index in [9.17, 15) is 15.0 Å². The SMILES string of the molecule is CC(=O)OCC=C(C)CCC1C(C)=CCC2C(C)(CO)CC(O)CC12C. The van der Waals surface area contributed by atoms with Crippen molar-refractivity contribution in [3.63, 3.8) is 0 Å². The Bertz CT molecular complexity index is 579. The van der Waals surface area contributed by atoms with E-state index in [0.717, 1.165) is 25.7 Å². The smallest absolute Gasteiger partial charge is 0.302 e. The molecule has 0 saturated heterocycles. The van der Waals surface area contributed by atoms with Crippen LogP contribution < -0.4 is 0 Å². The lowest BCUT2D eigenvalue weighted by atomic mass is 9.47. The molecular formula is C22H36O4. The third kappa shape index (κ3) is 4.40. The van der Waals surface area contributed by atoms with E-state index in [2.05, 4.69) is 33.8 Å². The molecule has 4 heteroatoms. The van der Waals surface area contributed by atoms with Crippen LogP contribution in [0.3, 0.4) is 0 Å². The number of aliphatic hydroxyl groups is 2. The van der Waals surface area contributed by atoms with Crippen LogP contribution in [0.5, 0.6) is 0 Å². The lowest BCUT2D eigenvalue weighted by Gasteiger charge is -2.58. The predicted molar refractivity (Wildman–Crippen MR) is 104 cm³/mol. The molecule has 2 rings (SSSR count). The molecule has 2 aliphatic carbocycles. The number of fused-ring (bicyclic) bond motifs is 1. The minimum absolute atomic E-state index is 0.00411. The predicted octanol–water partition coefficient (Wildman–Crippen LogP) is 4.02. The lowest BCUT2D eigenvalue weighted by molar-refractivity contribution is -0.139. The Morgan fingerprint density at radius 3 is 2.65 bits per heavy atom. The fourth-order valence-electron chi connectivity index (χ4n) is 5.61. The summed E-state index contributed by atoms with van der Waals surface area (Å²) in [5.41, 5.74) is 2.42. The number of hydrogen-bond donors (Lipinski definition) is 2. The number of esters is 1. The van der Waals surface area contributed by atoms with Gasteiger partial charge in [0.2, 0.25) is 0 Å². The van der Waals surface area contributed by atoms with Crippen LogP contribution in [-0.4, -0.2) is 35.5 Å². The van der Waals surface area contributed by atoms with Gasteiger partial charge in [0.15, 0.2) is 0 Å². The van der Waals surface area contributed by atoms with Crippen LogP contribution >= 0.6 is 0 Å². The van der Waals surface area contributed by atoms with Crippen molar-refractivity contribution in [1.82, 2.24) is 0 Å². The van der Waals surface area contributed by atoms with Gasteiger partial charge >= 0.3 is 5.97 Å². The first kappa shape index (κ1) is 21.2. The monoisotopic (exact) mass is 364 g/mol. The number of hydrogen-bond acceptors (Lipinski definition) is 4. The first-order valence-corrected chi connectivity index (χ1v) is 9.87. The van der Waals surface area contributed by atoms with E-state index in [-0.39, 0.29) is 29.5 Å². The molecule has 5 atom stereocenters. The van der Waals surface area contributed by atoms with Crippen LogP contribution in [-0.2, 0) is 9.53 Å². The second-order valence-electron chi connectivity index (χ2n) is 9.06. The highest BCUT2D eigenvalue weighted by molar-refractivity contribution is 5.66. The zero-order valence-corrected chi connectivity index (χ0v) is 17.0. The molecule has 0 aromatic carbocycles. The van der Waals surface area contributed by atoms with Gasteiger partial charge in [0.1, 0.15) is 6.61 Å². The molecule has 0 bridgehead atoms. The lowest BCUT2D eigenvalue weighted by Crippen LogP contribution is -2.54. The fraction of sp³-hybridized carbons (Fsp3) is 0.773. The van der Waals surface area contributed by atoms with Gasteiger partial charge in [-0.3, -0.25) is 4.79 Å². The maximum atomic E-state index is 10.9. The summed E-state index contributed by atoms with van der Waals surface area (Å²) in [6, 6.07) is 0. The van der Waals surface area contributed by atoms with Gasteiger partial charge in [-0.2, -0.15) is 0 Å². The van der Waals surface area contributed by atoms with Crippen molar-refractivity contribution in [2.24, 2.45) is 22.7 Å². The Morgan fingerprint density at radius 2 is 2.04 bits per heavy atom. The highest BCUT2D eigenvalue weighted by Crippen LogP contribution is 2.60. The van der Waals surface area contributed by atoms with E-state index in [4.69, 9.17) is 4.74 Å². The number of carbonyl (C=O) groups is 1. The summed E-state index contributed by atoms with van der Waals surface area (Å²) in [7, 11) is 0. The van der Waals surface area contributed by atoms with Crippen molar-refractivity contribution in [3.05, 3.63) is 23.3 Å². The van der Waals surface area contributed by atoms with Crippen molar-refractivity contribution < 1.29 is 19.7 Å². The minimum atomic E-state index is -0.345. The second kappa shape index (κ2) is 8.26. The first-order valence-electron chi connectivity index (χ1n) is 9.87. The van der Waals surface area contributed by atoms with E-state index in [0.29, 0.717) is 24.9 Å². The number of carbonyl (C=O) groups excluding carboxylic acids is 1. The van der Waals surface area contributed by atoms with E-state index in [1.165, 1.54) is 18.1 Å². The average molecular weight is 365 g/mol. The van der Waals surface area contributed by atoms with Crippen molar-refractivity contribution in [2.45, 2.75) is 72.8 Å². The summed E-state index contributed by atoms with van der Waals surface area (Å²) < 4.78 is 5.00. The first-order chi connectivity index (χ1) is 12.1. The van der Waals surface area contributed by atoms with Gasteiger partial charge in [0.05, 0.1) is 6.10 Å². The number of allylic oxidation sites excluding steroid dienone is 3. The summed E-state index contributed by atoms with van der Waals surface area (Å²) >= 11 is 0. The van der Waals surface area contributed by atoms with Crippen LogP contribution in [0.25, 0.3) is 0 Å². The molecule has 0 aromatic heterocycles. The number of rotatable bonds is 6. The average Bonchev–Trinajstić information content (AvgIpc) is 2.52. The van der Waals surface area contributed by atoms with E-state index in [1.54, 1.807) is 0 Å². The molecule has 0 radical (unpaired) electrons. The summed E-state index contributed by atoms with van der Waals surface area (Å²) in [6.45, 7) is 10.6. The molecule has 2 aliphatic rings. The molecule has 26 heavy (non-hydrogen) atoms. The van der Waals surface area contributed by atoms with Crippen LogP contribution in [0.2, 0.25) is 0 Å². The van der Waals surface area contributed by atoms with Crippen LogP contribution in [0.15, 0.2) is 23.3 Å². The van der Waals surface area contributed by atoms with Gasteiger partial charge in [0.25, 0.3) is 0 Å². The highest BCUT2D eigenvalue weighted by atomic mass is 16.5. The summed E-state index contributed by atoms with van der Waals surface area (Å²) in [5.74, 6) is 0.538. The molecule has 1 fully saturated rings. The van der Waals surface area contributed by atoms with E-state index >= 15 is 0 Å². The van der Waals surface area contributed by atoms with Gasteiger partial charge < -0.3 is 14.9 Å². The minimum Gasteiger partial charge on any atom is -0.462 e. The number of ether oxygens (including phenoxy) is 1. The molecular weight excluding hydrogens is 328 g/mol. The van der Waals surface area contributed by atoms with Gasteiger partial charge in [-0.25, -0.2) is 0 Å². The summed E-state index contributed by atoms with van der Waals surface area (Å²) in [4.78, 5) is 10.9. The Morgan fingerprint density at radius 1 is 1.35 bits per heavy atom. The zero-order valence-electron chi connectivity index (χ0n) is 17.0. The normalized spacial score (nSPS) is 37.7. The number of aliphatic hydroxyl groups excluding tert-OH is 2. The maximum absolute atomic E-state index is 10.9. The maximum Gasteiger partial charge on any atom is 0.302 e. The van der Waals surface area contributed by atoms with Crippen molar-refractivity contribution in [2.75, 3.05) is 13.2 Å². The molecule has 0 spiro atoms. The zero-order chi connectivity index (χ0) is 19.5.